The van der Waals surface area contributed by atoms with Crippen LogP contribution >= 0.6 is 0 Å². The van der Waals surface area contributed by atoms with Crippen LogP contribution in [-0.4, -0.2) is 24.4 Å². The molecule has 2 rings (SSSR count). The molecule has 0 aromatic carbocycles. The van der Waals surface area contributed by atoms with Gasteiger partial charge in [0.15, 0.2) is 0 Å². The molecular formula is C46H68N2O2. The van der Waals surface area contributed by atoms with Crippen LogP contribution in [0.2, 0.25) is 0 Å². The Bertz CT molecular complexity index is 1490. The van der Waals surface area contributed by atoms with Crippen molar-refractivity contribution in [3.8, 4) is 0 Å². The lowest BCUT2D eigenvalue weighted by molar-refractivity contribution is -0.117. The van der Waals surface area contributed by atoms with E-state index in [-0.39, 0.29) is 28.7 Å². The number of unbranched alkanes of at least 4 members (excludes halogenated alkanes) is 1. The summed E-state index contributed by atoms with van der Waals surface area (Å²) < 4.78 is 0. The molecule has 2 aliphatic carbocycles. The van der Waals surface area contributed by atoms with Crippen LogP contribution in [0.15, 0.2) is 117 Å². The standard InChI is InChI=1S/C46H68N2O2/c1-34(25-27-41-38(5)22-16-29-45(41,8)9)18-14-20-36(3)32-43(49)47-31-13-12-24-40(7)48-44(50)33-37(4)21-15-19-35(2)26-28-42-39(6)23-17-30-46(42,10)11/h14-15,18-21,25-28,32-33,40H,12-13,16-17,22-24,29-31H2,1-11H3,(H,47,49)(H,48,50)/b20-14+,21-15+,27-25+,28-26+,34-18+,35-19+,36-32+,37-33+. The molecule has 1 atom stereocenters. The lowest BCUT2D eigenvalue weighted by Crippen LogP contribution is -2.31. The van der Waals surface area contributed by atoms with Gasteiger partial charge >= 0.3 is 0 Å². The Morgan fingerprint density at radius 3 is 1.60 bits per heavy atom. The molecular weight excluding hydrogens is 613 g/mol. The van der Waals surface area contributed by atoms with Gasteiger partial charge in [0.25, 0.3) is 0 Å². The average Bonchev–Trinajstić information content (AvgIpc) is 2.99. The summed E-state index contributed by atoms with van der Waals surface area (Å²) in [6, 6.07) is 0.0637. The van der Waals surface area contributed by atoms with E-state index in [0.717, 1.165) is 30.4 Å². The van der Waals surface area contributed by atoms with E-state index in [9.17, 15) is 9.59 Å². The molecule has 4 nitrogen and oxygen atoms in total. The first-order valence-electron chi connectivity index (χ1n) is 18.9. The lowest BCUT2D eigenvalue weighted by Gasteiger charge is -2.33. The molecule has 4 heteroatoms. The highest BCUT2D eigenvalue weighted by Gasteiger charge is 2.27. The molecule has 0 aromatic rings. The van der Waals surface area contributed by atoms with Gasteiger partial charge in [-0.15, -0.1) is 0 Å². The molecule has 0 heterocycles. The molecule has 274 valence electrons. The summed E-state index contributed by atoms with van der Waals surface area (Å²) in [5.41, 5.74) is 10.6. The van der Waals surface area contributed by atoms with Gasteiger partial charge in [0.05, 0.1) is 0 Å². The SMILES string of the molecule is CC1=C(/C=C/C(C)=C/C=C/C(C)=C/C(=O)NCCCCC(C)NC(=O)/C=C(C)/C=C/C=C(C)/C=C/C2=C(C)CCCC2(C)C)C(C)(C)CCC1. The van der Waals surface area contributed by atoms with Crippen LogP contribution in [0, 0.1) is 10.8 Å². The zero-order valence-corrected chi connectivity index (χ0v) is 33.4. The van der Waals surface area contributed by atoms with Crippen molar-refractivity contribution in [1.82, 2.24) is 10.6 Å². The number of nitrogens with one attached hydrogen (secondary N) is 2. The van der Waals surface area contributed by atoms with Gasteiger partial charge in [0.2, 0.25) is 11.8 Å². The normalized spacial score (nSPS) is 20.1. The Labute approximate surface area is 306 Å². The van der Waals surface area contributed by atoms with Gasteiger partial charge in [-0.25, -0.2) is 0 Å². The van der Waals surface area contributed by atoms with E-state index in [2.05, 4.69) is 102 Å². The van der Waals surface area contributed by atoms with E-state index in [1.807, 2.05) is 45.1 Å². The third kappa shape index (κ3) is 15.9. The molecule has 0 aliphatic heterocycles. The maximum Gasteiger partial charge on any atom is 0.244 e. The molecule has 0 bridgehead atoms. The van der Waals surface area contributed by atoms with Gasteiger partial charge in [0.1, 0.15) is 0 Å². The summed E-state index contributed by atoms with van der Waals surface area (Å²) in [6.45, 7) is 24.6. The topological polar surface area (TPSA) is 58.2 Å². The number of carbonyl (C=O) groups excluding carboxylic acids is 2. The van der Waals surface area contributed by atoms with Crippen molar-refractivity contribution in [3.05, 3.63) is 117 Å². The summed E-state index contributed by atoms with van der Waals surface area (Å²) in [5.74, 6) is -0.155. The third-order valence-electron chi connectivity index (χ3n) is 10.0. The molecule has 1 unspecified atom stereocenters. The second kappa shape index (κ2) is 20.9. The smallest absolute Gasteiger partial charge is 0.244 e. The van der Waals surface area contributed by atoms with Gasteiger partial charge in [-0.3, -0.25) is 9.59 Å². The number of allylic oxidation sites excluding steroid dienone is 18. The van der Waals surface area contributed by atoms with Crippen molar-refractivity contribution in [2.75, 3.05) is 6.54 Å². The molecule has 0 aromatic heterocycles. The fraction of sp³-hybridized carbons (Fsp3) is 0.522. The number of hydrogen-bond donors (Lipinski definition) is 2. The predicted octanol–water partition coefficient (Wildman–Crippen LogP) is 11.8. The third-order valence-corrected chi connectivity index (χ3v) is 10.0. The van der Waals surface area contributed by atoms with Crippen LogP contribution < -0.4 is 10.6 Å². The van der Waals surface area contributed by atoms with Crippen LogP contribution in [0.4, 0.5) is 0 Å². The minimum Gasteiger partial charge on any atom is -0.353 e. The minimum absolute atomic E-state index is 0.0637. The first kappa shape index (κ1) is 42.5. The molecule has 2 N–H and O–H groups in total. The number of rotatable bonds is 16. The highest BCUT2D eigenvalue weighted by Crippen LogP contribution is 2.41. The number of amides is 2. The van der Waals surface area contributed by atoms with Crippen LogP contribution in [0.25, 0.3) is 0 Å². The first-order chi connectivity index (χ1) is 23.5. The van der Waals surface area contributed by atoms with Crippen LogP contribution in [0.3, 0.4) is 0 Å². The summed E-state index contributed by atoms with van der Waals surface area (Å²) in [7, 11) is 0. The summed E-state index contributed by atoms with van der Waals surface area (Å²) in [6.07, 6.45) is 34.4. The second-order valence-electron chi connectivity index (χ2n) is 16.0. The first-order valence-corrected chi connectivity index (χ1v) is 18.9. The molecule has 0 saturated heterocycles. The molecule has 2 aliphatic rings. The van der Waals surface area contributed by atoms with Gasteiger partial charge in [0, 0.05) is 24.7 Å². The van der Waals surface area contributed by atoms with E-state index in [1.165, 1.54) is 72.0 Å². The van der Waals surface area contributed by atoms with E-state index >= 15 is 0 Å². The van der Waals surface area contributed by atoms with E-state index in [0.29, 0.717) is 6.54 Å². The quantitative estimate of drug-likeness (QED) is 0.0968. The molecule has 2 amide bonds. The minimum atomic E-state index is -0.0779. The molecule has 0 saturated carbocycles. The Morgan fingerprint density at radius 2 is 1.14 bits per heavy atom. The zero-order chi connectivity index (χ0) is 37.3. The van der Waals surface area contributed by atoms with Crippen molar-refractivity contribution < 1.29 is 9.59 Å². The largest absolute Gasteiger partial charge is 0.353 e. The molecule has 0 radical (unpaired) electrons. The Hall–Kier alpha value is -3.66. The van der Waals surface area contributed by atoms with E-state index < -0.39 is 0 Å². The molecule has 0 fully saturated rings. The van der Waals surface area contributed by atoms with Gasteiger partial charge < -0.3 is 10.6 Å². The number of hydrogen-bond acceptors (Lipinski definition) is 2. The van der Waals surface area contributed by atoms with Gasteiger partial charge in [-0.1, -0.05) is 111 Å². The Kier molecular flexibility index (Phi) is 17.8. The molecule has 0 spiro atoms. The van der Waals surface area contributed by atoms with Crippen molar-refractivity contribution in [1.29, 1.82) is 0 Å². The van der Waals surface area contributed by atoms with Crippen molar-refractivity contribution >= 4 is 11.8 Å². The van der Waals surface area contributed by atoms with Crippen LogP contribution in [-0.2, 0) is 9.59 Å². The maximum absolute atomic E-state index is 12.5. The van der Waals surface area contributed by atoms with Crippen molar-refractivity contribution in [3.63, 3.8) is 0 Å². The van der Waals surface area contributed by atoms with Crippen molar-refractivity contribution in [2.24, 2.45) is 10.8 Å². The summed E-state index contributed by atoms with van der Waals surface area (Å²) >= 11 is 0. The monoisotopic (exact) mass is 681 g/mol. The summed E-state index contributed by atoms with van der Waals surface area (Å²) in [5, 5.41) is 6.05. The second-order valence-corrected chi connectivity index (χ2v) is 16.0. The average molecular weight is 681 g/mol. The van der Waals surface area contributed by atoms with E-state index in [4.69, 9.17) is 0 Å². The maximum atomic E-state index is 12.5. The van der Waals surface area contributed by atoms with Crippen LogP contribution in [0.1, 0.15) is 134 Å². The summed E-state index contributed by atoms with van der Waals surface area (Å²) in [4.78, 5) is 24.9. The highest BCUT2D eigenvalue weighted by atomic mass is 16.2. The fourth-order valence-electron chi connectivity index (χ4n) is 6.97. The zero-order valence-electron chi connectivity index (χ0n) is 33.4. The fourth-order valence-corrected chi connectivity index (χ4v) is 6.97. The lowest BCUT2D eigenvalue weighted by atomic mass is 9.72. The Balaban J connectivity index is 1.69. The highest BCUT2D eigenvalue weighted by molar-refractivity contribution is 5.89. The number of carbonyl (C=O) groups is 2. The van der Waals surface area contributed by atoms with Crippen molar-refractivity contribution in [2.45, 2.75) is 140 Å². The Morgan fingerprint density at radius 1 is 0.680 bits per heavy atom. The van der Waals surface area contributed by atoms with Gasteiger partial charge in [-0.2, -0.15) is 0 Å². The predicted molar refractivity (Wildman–Crippen MR) is 217 cm³/mol. The van der Waals surface area contributed by atoms with Gasteiger partial charge in [-0.05, 0) is 139 Å². The molecule has 50 heavy (non-hydrogen) atoms. The van der Waals surface area contributed by atoms with E-state index in [1.54, 1.807) is 12.2 Å². The van der Waals surface area contributed by atoms with Crippen LogP contribution in [0.5, 0.6) is 0 Å².